The number of esters is 1. The maximum Gasteiger partial charge on any atom is 0.311 e. The van der Waals surface area contributed by atoms with Gasteiger partial charge in [0.05, 0.1) is 6.61 Å². The Labute approximate surface area is 153 Å². The Bertz CT molecular complexity index is 767. The van der Waals surface area contributed by atoms with E-state index < -0.39 is 0 Å². The van der Waals surface area contributed by atoms with Crippen molar-refractivity contribution in [2.24, 2.45) is 4.99 Å². The molecule has 2 aliphatic rings. The van der Waals surface area contributed by atoms with E-state index in [1.165, 1.54) is 0 Å². The van der Waals surface area contributed by atoms with Crippen LogP contribution in [0.5, 0.6) is 11.5 Å². The number of hydrogen-bond donors (Lipinski definition) is 0. The lowest BCUT2D eigenvalue weighted by Crippen LogP contribution is -2.31. The lowest BCUT2D eigenvalue weighted by molar-refractivity contribution is -0.134. The predicted octanol–water partition coefficient (Wildman–Crippen LogP) is 3.56. The molecule has 1 fully saturated rings. The molecule has 0 spiro atoms. The van der Waals surface area contributed by atoms with Crippen molar-refractivity contribution in [2.45, 2.75) is 46.0 Å². The van der Waals surface area contributed by atoms with Crippen molar-refractivity contribution in [3.63, 3.8) is 0 Å². The van der Waals surface area contributed by atoms with Gasteiger partial charge in [0.2, 0.25) is 0 Å². The zero-order chi connectivity index (χ0) is 18.5. The van der Waals surface area contributed by atoms with Gasteiger partial charge in [0.25, 0.3) is 5.91 Å². The fourth-order valence-electron chi connectivity index (χ4n) is 3.07. The summed E-state index contributed by atoms with van der Waals surface area (Å²) in [6, 6.07) is 5.26. The zero-order valence-electron chi connectivity index (χ0n) is 15.3. The van der Waals surface area contributed by atoms with Crippen LogP contribution in [0, 0.1) is 0 Å². The zero-order valence-corrected chi connectivity index (χ0v) is 15.3. The van der Waals surface area contributed by atoms with Crippen LogP contribution in [0.3, 0.4) is 0 Å². The normalized spacial score (nSPS) is 18.4. The molecule has 1 aromatic carbocycles. The van der Waals surface area contributed by atoms with Crippen LogP contribution in [-0.2, 0) is 9.59 Å². The number of fused-ring (bicyclic) bond motifs is 1. The molecular formula is C20H24N2O4. The molecule has 1 saturated heterocycles. The summed E-state index contributed by atoms with van der Waals surface area (Å²) in [6.07, 6.45) is 6.12. The Morgan fingerprint density at radius 2 is 2.08 bits per heavy atom. The van der Waals surface area contributed by atoms with Crippen molar-refractivity contribution < 1.29 is 19.1 Å². The fraction of sp³-hybridized carbons (Fsp3) is 0.450. The predicted molar refractivity (Wildman–Crippen MR) is 99.1 cm³/mol. The van der Waals surface area contributed by atoms with Gasteiger partial charge >= 0.3 is 5.97 Å². The number of carbonyl (C=O) groups is 2. The van der Waals surface area contributed by atoms with E-state index in [-0.39, 0.29) is 11.9 Å². The highest BCUT2D eigenvalue weighted by atomic mass is 16.6. The van der Waals surface area contributed by atoms with E-state index in [1.807, 2.05) is 6.92 Å². The van der Waals surface area contributed by atoms with Crippen LogP contribution in [0.4, 0.5) is 0 Å². The largest absolute Gasteiger partial charge is 0.490 e. The molecule has 0 aliphatic carbocycles. The summed E-state index contributed by atoms with van der Waals surface area (Å²) >= 11 is 0. The molecule has 0 N–H and O–H groups in total. The van der Waals surface area contributed by atoms with Gasteiger partial charge in [-0.2, -0.15) is 0 Å². The minimum absolute atomic E-state index is 0.0404. The van der Waals surface area contributed by atoms with E-state index in [2.05, 4.69) is 4.99 Å². The fourth-order valence-corrected chi connectivity index (χ4v) is 3.07. The molecule has 1 amide bonds. The summed E-state index contributed by atoms with van der Waals surface area (Å²) in [5.41, 5.74) is 1.23. The van der Waals surface area contributed by atoms with Crippen LogP contribution in [-0.4, -0.2) is 35.8 Å². The number of nitrogens with zero attached hydrogens (tertiary/aromatic N) is 2. The first kappa shape index (κ1) is 18.2. The van der Waals surface area contributed by atoms with Gasteiger partial charge in [0.1, 0.15) is 11.5 Å². The van der Waals surface area contributed by atoms with Crippen molar-refractivity contribution in [2.75, 3.05) is 13.2 Å². The molecule has 0 radical (unpaired) electrons. The average molecular weight is 356 g/mol. The maximum absolute atomic E-state index is 12.6. The quantitative estimate of drug-likeness (QED) is 0.460. The van der Waals surface area contributed by atoms with Crippen molar-refractivity contribution in [3.05, 3.63) is 29.5 Å². The Morgan fingerprint density at radius 3 is 2.85 bits per heavy atom. The number of benzene rings is 1. The number of rotatable bonds is 5. The lowest BCUT2D eigenvalue weighted by atomic mass is 10.1. The molecule has 138 valence electrons. The Hall–Kier alpha value is -2.63. The van der Waals surface area contributed by atoms with E-state index in [0.29, 0.717) is 30.2 Å². The number of amidine groups is 1. The van der Waals surface area contributed by atoms with Gasteiger partial charge < -0.3 is 9.47 Å². The van der Waals surface area contributed by atoms with E-state index in [4.69, 9.17) is 9.47 Å². The molecule has 0 unspecified atom stereocenters. The Balaban J connectivity index is 1.87. The summed E-state index contributed by atoms with van der Waals surface area (Å²) in [4.78, 5) is 30.5. The summed E-state index contributed by atoms with van der Waals surface area (Å²) < 4.78 is 10.9. The monoisotopic (exact) mass is 356 g/mol. The van der Waals surface area contributed by atoms with Crippen LogP contribution >= 0.6 is 0 Å². The van der Waals surface area contributed by atoms with Gasteiger partial charge in [-0.25, -0.2) is 4.99 Å². The molecule has 2 heterocycles. The second kappa shape index (κ2) is 8.17. The maximum atomic E-state index is 12.6. The van der Waals surface area contributed by atoms with E-state index >= 15 is 0 Å². The Morgan fingerprint density at radius 1 is 1.23 bits per heavy atom. The standard InChI is InChI=1S/C20H24N2O4/c1-3-19(23)26-16-10-9-14(13-17(16)25-4-2)12-15-20(24)22-11-7-5-6-8-18(22)21-15/h9-10,12-13H,3-8,11H2,1-2H3/b15-12-. The van der Waals surface area contributed by atoms with Crippen LogP contribution in [0.2, 0.25) is 0 Å². The summed E-state index contributed by atoms with van der Waals surface area (Å²) in [6.45, 7) is 4.80. The third-order valence-electron chi connectivity index (χ3n) is 4.39. The lowest BCUT2D eigenvalue weighted by Gasteiger charge is -2.14. The Kier molecular flexibility index (Phi) is 5.71. The molecule has 0 aromatic heterocycles. The number of carbonyl (C=O) groups excluding carboxylic acids is 2. The summed E-state index contributed by atoms with van der Waals surface area (Å²) in [5.74, 6) is 1.39. The molecule has 1 aromatic rings. The van der Waals surface area contributed by atoms with Gasteiger partial charge in [-0.15, -0.1) is 0 Å². The van der Waals surface area contributed by atoms with Crippen LogP contribution in [0.1, 0.15) is 51.5 Å². The van der Waals surface area contributed by atoms with E-state index in [1.54, 1.807) is 36.1 Å². The van der Waals surface area contributed by atoms with Gasteiger partial charge in [0, 0.05) is 19.4 Å². The number of amides is 1. The first-order chi connectivity index (χ1) is 12.6. The number of aliphatic imine (C=N–C) groups is 1. The highest BCUT2D eigenvalue weighted by Crippen LogP contribution is 2.31. The average Bonchev–Trinajstić information content (AvgIpc) is 2.80. The van der Waals surface area contributed by atoms with E-state index in [0.717, 1.165) is 43.6 Å². The van der Waals surface area contributed by atoms with E-state index in [9.17, 15) is 9.59 Å². The first-order valence-corrected chi connectivity index (χ1v) is 9.21. The molecule has 6 nitrogen and oxygen atoms in total. The van der Waals surface area contributed by atoms with Gasteiger partial charge in [-0.1, -0.05) is 19.4 Å². The van der Waals surface area contributed by atoms with Crippen LogP contribution in [0.15, 0.2) is 28.9 Å². The highest BCUT2D eigenvalue weighted by Gasteiger charge is 2.30. The smallest absolute Gasteiger partial charge is 0.311 e. The summed E-state index contributed by atoms with van der Waals surface area (Å²) in [7, 11) is 0. The van der Waals surface area contributed by atoms with Gasteiger partial charge in [0.15, 0.2) is 11.5 Å². The third-order valence-corrected chi connectivity index (χ3v) is 4.39. The molecule has 0 bridgehead atoms. The molecule has 6 heteroatoms. The SMILES string of the molecule is CCOc1cc(/C=C2\N=C3CCCCCN3C2=O)ccc1OC(=O)CC. The molecule has 0 saturated carbocycles. The number of ether oxygens (including phenoxy) is 2. The molecule has 2 aliphatic heterocycles. The molecule has 26 heavy (non-hydrogen) atoms. The number of hydrogen-bond acceptors (Lipinski definition) is 5. The van der Waals surface area contributed by atoms with Crippen molar-refractivity contribution in [1.82, 2.24) is 4.90 Å². The minimum Gasteiger partial charge on any atom is -0.490 e. The minimum atomic E-state index is -0.317. The second-order valence-corrected chi connectivity index (χ2v) is 6.29. The van der Waals surface area contributed by atoms with Crippen LogP contribution in [0.25, 0.3) is 6.08 Å². The van der Waals surface area contributed by atoms with Gasteiger partial charge in [-0.3, -0.25) is 14.5 Å². The van der Waals surface area contributed by atoms with Crippen LogP contribution < -0.4 is 9.47 Å². The van der Waals surface area contributed by atoms with Crippen molar-refractivity contribution in [3.8, 4) is 11.5 Å². The summed E-state index contributed by atoms with van der Waals surface area (Å²) in [5, 5.41) is 0. The topological polar surface area (TPSA) is 68.2 Å². The van der Waals surface area contributed by atoms with Crippen molar-refractivity contribution in [1.29, 1.82) is 0 Å². The molecular weight excluding hydrogens is 332 g/mol. The molecule has 3 rings (SSSR count). The first-order valence-electron chi connectivity index (χ1n) is 9.21. The van der Waals surface area contributed by atoms with Crippen molar-refractivity contribution >= 4 is 23.8 Å². The van der Waals surface area contributed by atoms with Gasteiger partial charge in [-0.05, 0) is 43.5 Å². The highest BCUT2D eigenvalue weighted by molar-refractivity contribution is 6.14. The molecule has 0 atom stereocenters. The second-order valence-electron chi connectivity index (χ2n) is 6.29. The third kappa shape index (κ3) is 3.95.